The third kappa shape index (κ3) is 4.10. The van der Waals surface area contributed by atoms with E-state index >= 15 is 0 Å². The molecule has 1 saturated heterocycles. The van der Waals surface area contributed by atoms with Gasteiger partial charge in [-0.25, -0.2) is 0 Å². The molecular formula is C18H26N2O2. The van der Waals surface area contributed by atoms with Crippen molar-refractivity contribution in [2.45, 2.75) is 32.2 Å². The fourth-order valence-electron chi connectivity index (χ4n) is 3.07. The molecule has 0 aromatic heterocycles. The average molecular weight is 302 g/mol. The number of likely N-dealkylation sites (tertiary alicyclic amines) is 1. The Balaban J connectivity index is 2.03. The van der Waals surface area contributed by atoms with Crippen molar-refractivity contribution in [1.29, 1.82) is 0 Å². The van der Waals surface area contributed by atoms with E-state index in [9.17, 15) is 4.79 Å². The summed E-state index contributed by atoms with van der Waals surface area (Å²) >= 11 is 0. The van der Waals surface area contributed by atoms with Crippen molar-refractivity contribution in [3.63, 3.8) is 0 Å². The number of benzene rings is 1. The summed E-state index contributed by atoms with van der Waals surface area (Å²) in [5, 5.41) is 3.17. The molecule has 2 rings (SSSR count). The number of ether oxygens (including phenoxy) is 1. The first kappa shape index (κ1) is 16.6. The van der Waals surface area contributed by atoms with Gasteiger partial charge in [-0.3, -0.25) is 4.79 Å². The Labute approximate surface area is 133 Å². The summed E-state index contributed by atoms with van der Waals surface area (Å²) in [7, 11) is 3.61. The molecular weight excluding hydrogens is 276 g/mol. The molecule has 1 aliphatic heterocycles. The van der Waals surface area contributed by atoms with Crippen LogP contribution in [0.2, 0.25) is 0 Å². The van der Waals surface area contributed by atoms with Gasteiger partial charge in [0.1, 0.15) is 5.75 Å². The minimum atomic E-state index is 0.130. The Hall–Kier alpha value is -1.81. The van der Waals surface area contributed by atoms with E-state index in [4.69, 9.17) is 4.74 Å². The summed E-state index contributed by atoms with van der Waals surface area (Å²) in [4.78, 5) is 14.5. The molecule has 0 saturated carbocycles. The maximum atomic E-state index is 12.5. The number of hydrogen-bond donors (Lipinski definition) is 1. The largest absolute Gasteiger partial charge is 0.496 e. The molecule has 1 fully saturated rings. The Kier molecular flexibility index (Phi) is 6.01. The van der Waals surface area contributed by atoms with Crippen molar-refractivity contribution >= 4 is 5.91 Å². The van der Waals surface area contributed by atoms with E-state index < -0.39 is 0 Å². The number of hydrogen-bond acceptors (Lipinski definition) is 3. The molecule has 120 valence electrons. The van der Waals surface area contributed by atoms with Crippen LogP contribution in [0, 0.1) is 0 Å². The number of nitrogens with zero attached hydrogens (tertiary/aromatic N) is 1. The van der Waals surface area contributed by atoms with Gasteiger partial charge in [0, 0.05) is 25.2 Å². The first-order valence-electron chi connectivity index (χ1n) is 7.90. The summed E-state index contributed by atoms with van der Waals surface area (Å²) in [6.45, 7) is 3.74. The van der Waals surface area contributed by atoms with Crippen LogP contribution in [-0.4, -0.2) is 44.1 Å². The van der Waals surface area contributed by atoms with Gasteiger partial charge in [0.15, 0.2) is 0 Å². The lowest BCUT2D eigenvalue weighted by Crippen LogP contribution is -2.40. The van der Waals surface area contributed by atoms with Gasteiger partial charge in [-0.1, -0.05) is 23.8 Å². The van der Waals surface area contributed by atoms with Crippen molar-refractivity contribution in [3.8, 4) is 5.75 Å². The highest BCUT2D eigenvalue weighted by atomic mass is 16.5. The number of carbonyl (C=O) groups excluding carboxylic acids is 1. The second-order valence-electron chi connectivity index (χ2n) is 5.86. The zero-order valence-corrected chi connectivity index (χ0v) is 13.8. The number of likely N-dealkylation sites (N-methyl/N-ethyl adjacent to an activating group) is 1. The lowest BCUT2D eigenvalue weighted by atomic mass is 10.0. The Morgan fingerprint density at radius 3 is 2.95 bits per heavy atom. The minimum absolute atomic E-state index is 0.130. The minimum Gasteiger partial charge on any atom is -0.496 e. The number of rotatable bonds is 6. The molecule has 22 heavy (non-hydrogen) atoms. The van der Waals surface area contributed by atoms with Gasteiger partial charge in [-0.15, -0.1) is 0 Å². The molecule has 0 radical (unpaired) electrons. The van der Waals surface area contributed by atoms with Gasteiger partial charge in [0.2, 0.25) is 5.91 Å². The van der Waals surface area contributed by atoms with E-state index in [1.165, 1.54) is 0 Å². The van der Waals surface area contributed by atoms with Crippen molar-refractivity contribution < 1.29 is 9.53 Å². The Bertz CT molecular complexity index is 540. The van der Waals surface area contributed by atoms with Gasteiger partial charge in [0.05, 0.1) is 7.11 Å². The maximum Gasteiger partial charge on any atom is 0.246 e. The van der Waals surface area contributed by atoms with Crippen LogP contribution in [0.1, 0.15) is 25.3 Å². The van der Waals surface area contributed by atoms with E-state index in [2.05, 4.69) is 5.32 Å². The number of methoxy groups -OCH3 is 1. The third-order valence-electron chi connectivity index (χ3n) is 4.13. The molecule has 1 aromatic rings. The lowest BCUT2D eigenvalue weighted by molar-refractivity contribution is -0.126. The Morgan fingerprint density at radius 1 is 1.45 bits per heavy atom. The second kappa shape index (κ2) is 7.99. The fraction of sp³-hybridized carbons (Fsp3) is 0.500. The van der Waals surface area contributed by atoms with Crippen LogP contribution in [0.25, 0.3) is 0 Å². The highest BCUT2D eigenvalue weighted by molar-refractivity contribution is 5.88. The summed E-state index contributed by atoms with van der Waals surface area (Å²) in [6, 6.07) is 8.27. The molecule has 1 aliphatic rings. The monoisotopic (exact) mass is 302 g/mol. The smallest absolute Gasteiger partial charge is 0.246 e. The van der Waals surface area contributed by atoms with Crippen molar-refractivity contribution in [1.82, 2.24) is 10.2 Å². The number of nitrogens with one attached hydrogen (secondary N) is 1. The van der Waals surface area contributed by atoms with Crippen LogP contribution in [0.3, 0.4) is 0 Å². The van der Waals surface area contributed by atoms with Gasteiger partial charge in [-0.2, -0.15) is 0 Å². The SMILES string of the molecule is CNCC1CCCN1C(=O)/C=C(/C)Cc1ccccc1OC. The van der Waals surface area contributed by atoms with Gasteiger partial charge in [0.25, 0.3) is 0 Å². The van der Waals surface area contributed by atoms with Crippen molar-refractivity contribution in [2.75, 3.05) is 27.2 Å². The van der Waals surface area contributed by atoms with Crippen LogP contribution >= 0.6 is 0 Å². The number of amides is 1. The van der Waals surface area contributed by atoms with Crippen LogP contribution in [-0.2, 0) is 11.2 Å². The molecule has 0 bridgehead atoms. The van der Waals surface area contributed by atoms with Crippen LogP contribution in [0.4, 0.5) is 0 Å². The third-order valence-corrected chi connectivity index (χ3v) is 4.13. The van der Waals surface area contributed by atoms with Gasteiger partial charge in [-0.05, 0) is 44.9 Å². The Morgan fingerprint density at radius 2 is 2.23 bits per heavy atom. The molecule has 1 unspecified atom stereocenters. The fourth-order valence-corrected chi connectivity index (χ4v) is 3.07. The highest BCUT2D eigenvalue weighted by Gasteiger charge is 2.26. The molecule has 1 heterocycles. The molecule has 0 spiro atoms. The summed E-state index contributed by atoms with van der Waals surface area (Å²) in [5.41, 5.74) is 2.17. The average Bonchev–Trinajstić information content (AvgIpc) is 2.96. The van der Waals surface area contributed by atoms with Gasteiger partial charge >= 0.3 is 0 Å². The summed E-state index contributed by atoms with van der Waals surface area (Å²) in [6.07, 6.45) is 4.70. The molecule has 0 aliphatic carbocycles. The molecule has 1 aromatic carbocycles. The quantitative estimate of drug-likeness (QED) is 0.821. The first-order chi connectivity index (χ1) is 10.7. The number of carbonyl (C=O) groups is 1. The highest BCUT2D eigenvalue weighted by Crippen LogP contribution is 2.22. The molecule has 4 heteroatoms. The van der Waals surface area contributed by atoms with Crippen molar-refractivity contribution in [3.05, 3.63) is 41.5 Å². The standard InChI is InChI=1S/C18H26N2O2/c1-14(11-15-7-4-5-9-17(15)22-3)12-18(21)20-10-6-8-16(20)13-19-2/h4-5,7,9,12,16,19H,6,8,10-11,13H2,1-3H3/b14-12-. The summed E-state index contributed by atoms with van der Waals surface area (Å²) in [5.74, 6) is 1.00. The number of para-hydroxylation sites is 1. The van der Waals surface area contributed by atoms with E-state index in [0.29, 0.717) is 6.04 Å². The predicted molar refractivity (Wildman–Crippen MR) is 89.1 cm³/mol. The molecule has 1 N–H and O–H groups in total. The molecule has 1 atom stereocenters. The first-order valence-corrected chi connectivity index (χ1v) is 7.90. The second-order valence-corrected chi connectivity index (χ2v) is 5.86. The van der Waals surface area contributed by atoms with E-state index in [-0.39, 0.29) is 5.91 Å². The van der Waals surface area contributed by atoms with Crippen molar-refractivity contribution in [2.24, 2.45) is 0 Å². The van der Waals surface area contributed by atoms with Crippen LogP contribution < -0.4 is 10.1 Å². The normalized spacial score (nSPS) is 18.6. The lowest BCUT2D eigenvalue weighted by Gasteiger charge is -2.23. The van der Waals surface area contributed by atoms with Gasteiger partial charge < -0.3 is 15.0 Å². The van der Waals surface area contributed by atoms with Crippen LogP contribution in [0.5, 0.6) is 5.75 Å². The van der Waals surface area contributed by atoms with E-state index in [0.717, 1.165) is 49.2 Å². The van der Waals surface area contributed by atoms with Crippen LogP contribution in [0.15, 0.2) is 35.9 Å². The van der Waals surface area contributed by atoms with E-state index in [1.807, 2.05) is 43.1 Å². The van der Waals surface area contributed by atoms with E-state index in [1.54, 1.807) is 13.2 Å². The molecule has 4 nitrogen and oxygen atoms in total. The summed E-state index contributed by atoms with van der Waals surface area (Å²) < 4.78 is 5.37. The number of allylic oxidation sites excluding steroid dienone is 1. The maximum absolute atomic E-state index is 12.5. The molecule has 1 amide bonds. The zero-order valence-electron chi connectivity index (χ0n) is 13.8. The zero-order chi connectivity index (χ0) is 15.9. The predicted octanol–water partition coefficient (Wildman–Crippen LogP) is 2.39. The topological polar surface area (TPSA) is 41.6 Å².